The van der Waals surface area contributed by atoms with Gasteiger partial charge in [-0.15, -0.1) is 0 Å². The molecule has 0 aromatic rings. The molecule has 0 aliphatic carbocycles. The molecule has 0 amide bonds. The Kier molecular flexibility index (Phi) is 5.33. The van der Waals surface area contributed by atoms with Gasteiger partial charge in [-0.1, -0.05) is 0 Å². The monoisotopic (exact) mass is 244 g/mol. The fraction of sp³-hybridized carbons (Fsp3) is 0.846. The van der Waals surface area contributed by atoms with Crippen molar-refractivity contribution in [2.75, 3.05) is 6.61 Å². The SMILES string of the molecule is CCOC(C)(C)C(=O)C(C)C(=O)OC(C)(C)C. The Labute approximate surface area is 104 Å². The van der Waals surface area contributed by atoms with E-state index in [1.807, 2.05) is 6.92 Å². The summed E-state index contributed by atoms with van der Waals surface area (Å²) >= 11 is 0. The molecule has 4 nitrogen and oxygen atoms in total. The molecular formula is C13H24O4. The highest BCUT2D eigenvalue weighted by Gasteiger charge is 2.37. The van der Waals surface area contributed by atoms with Crippen LogP contribution < -0.4 is 0 Å². The van der Waals surface area contributed by atoms with E-state index in [2.05, 4.69) is 0 Å². The van der Waals surface area contributed by atoms with Crippen molar-refractivity contribution in [3.05, 3.63) is 0 Å². The van der Waals surface area contributed by atoms with Crippen molar-refractivity contribution in [3.8, 4) is 0 Å². The van der Waals surface area contributed by atoms with Crippen LogP contribution in [0.5, 0.6) is 0 Å². The Bertz CT molecular complexity index is 286. The topological polar surface area (TPSA) is 52.6 Å². The fourth-order valence-electron chi connectivity index (χ4n) is 1.45. The highest BCUT2D eigenvalue weighted by Crippen LogP contribution is 2.19. The van der Waals surface area contributed by atoms with Crippen LogP contribution >= 0.6 is 0 Å². The van der Waals surface area contributed by atoms with Crippen molar-refractivity contribution in [1.82, 2.24) is 0 Å². The molecule has 0 aromatic heterocycles. The number of ketones is 1. The number of hydrogen-bond acceptors (Lipinski definition) is 4. The van der Waals surface area contributed by atoms with Gasteiger partial charge in [0, 0.05) is 6.61 Å². The van der Waals surface area contributed by atoms with Crippen LogP contribution in [0.25, 0.3) is 0 Å². The maximum absolute atomic E-state index is 12.1. The van der Waals surface area contributed by atoms with Crippen LogP contribution in [-0.4, -0.2) is 29.6 Å². The normalized spacial score (nSPS) is 14.3. The molecule has 0 aromatic carbocycles. The molecule has 0 saturated heterocycles. The number of Topliss-reactive ketones (excluding diaryl/α,β-unsaturated/α-hetero) is 1. The van der Waals surface area contributed by atoms with Crippen molar-refractivity contribution in [2.45, 2.75) is 59.7 Å². The summed E-state index contributed by atoms with van der Waals surface area (Å²) in [5.74, 6) is -1.57. The van der Waals surface area contributed by atoms with Crippen molar-refractivity contribution in [1.29, 1.82) is 0 Å². The molecule has 0 N–H and O–H groups in total. The molecule has 0 rings (SSSR count). The first kappa shape index (κ1) is 16.1. The molecule has 1 unspecified atom stereocenters. The van der Waals surface area contributed by atoms with Gasteiger partial charge in [-0.05, 0) is 48.5 Å². The van der Waals surface area contributed by atoms with E-state index in [9.17, 15) is 9.59 Å². The third kappa shape index (κ3) is 5.31. The van der Waals surface area contributed by atoms with E-state index in [4.69, 9.17) is 9.47 Å². The lowest BCUT2D eigenvalue weighted by Gasteiger charge is -2.27. The highest BCUT2D eigenvalue weighted by atomic mass is 16.6. The van der Waals surface area contributed by atoms with Crippen LogP contribution in [0.15, 0.2) is 0 Å². The van der Waals surface area contributed by atoms with E-state index in [0.717, 1.165) is 0 Å². The van der Waals surface area contributed by atoms with E-state index < -0.39 is 23.1 Å². The molecule has 0 heterocycles. The van der Waals surface area contributed by atoms with Crippen LogP contribution in [0.4, 0.5) is 0 Å². The predicted molar refractivity (Wildman–Crippen MR) is 65.7 cm³/mol. The summed E-state index contributed by atoms with van der Waals surface area (Å²) < 4.78 is 10.5. The Hall–Kier alpha value is -0.900. The van der Waals surface area contributed by atoms with Gasteiger partial charge in [0.05, 0.1) is 0 Å². The van der Waals surface area contributed by atoms with Crippen LogP contribution in [0.2, 0.25) is 0 Å². The summed E-state index contributed by atoms with van der Waals surface area (Å²) in [5.41, 5.74) is -1.54. The van der Waals surface area contributed by atoms with E-state index in [1.54, 1.807) is 41.5 Å². The van der Waals surface area contributed by atoms with Gasteiger partial charge in [0.25, 0.3) is 0 Å². The van der Waals surface area contributed by atoms with E-state index >= 15 is 0 Å². The Morgan fingerprint density at radius 3 is 1.94 bits per heavy atom. The Balaban J connectivity index is 4.66. The maximum Gasteiger partial charge on any atom is 0.316 e. The van der Waals surface area contributed by atoms with Gasteiger partial charge < -0.3 is 9.47 Å². The van der Waals surface area contributed by atoms with Gasteiger partial charge in [-0.3, -0.25) is 9.59 Å². The van der Waals surface area contributed by atoms with Crippen molar-refractivity contribution >= 4 is 11.8 Å². The van der Waals surface area contributed by atoms with Crippen LogP contribution in [0.1, 0.15) is 48.5 Å². The van der Waals surface area contributed by atoms with Gasteiger partial charge in [0.1, 0.15) is 17.1 Å². The van der Waals surface area contributed by atoms with Gasteiger partial charge in [0.2, 0.25) is 0 Å². The summed E-state index contributed by atoms with van der Waals surface area (Å²) in [6.45, 7) is 12.4. The summed E-state index contributed by atoms with van der Waals surface area (Å²) in [6.07, 6.45) is 0. The van der Waals surface area contributed by atoms with Crippen molar-refractivity contribution in [2.24, 2.45) is 5.92 Å². The molecular weight excluding hydrogens is 220 g/mol. The lowest BCUT2D eigenvalue weighted by atomic mass is 9.92. The number of esters is 1. The summed E-state index contributed by atoms with van der Waals surface area (Å²) in [6, 6.07) is 0. The number of ether oxygens (including phenoxy) is 2. The average Bonchev–Trinajstić information content (AvgIpc) is 2.12. The van der Waals surface area contributed by atoms with Crippen molar-refractivity contribution in [3.63, 3.8) is 0 Å². The second-order valence-electron chi connectivity index (χ2n) is 5.56. The molecule has 17 heavy (non-hydrogen) atoms. The lowest BCUT2D eigenvalue weighted by Crippen LogP contribution is -2.43. The van der Waals surface area contributed by atoms with Crippen molar-refractivity contribution < 1.29 is 19.1 Å². The summed E-state index contributed by atoms with van der Waals surface area (Å²) in [7, 11) is 0. The number of carbonyl (C=O) groups is 2. The average molecular weight is 244 g/mol. The molecule has 0 aliphatic rings. The second kappa shape index (κ2) is 5.63. The van der Waals surface area contributed by atoms with Gasteiger partial charge >= 0.3 is 5.97 Å². The maximum atomic E-state index is 12.1. The first-order valence-electron chi connectivity index (χ1n) is 5.92. The van der Waals surface area contributed by atoms with E-state index in [-0.39, 0.29) is 5.78 Å². The molecule has 100 valence electrons. The zero-order chi connectivity index (χ0) is 13.9. The summed E-state index contributed by atoms with van der Waals surface area (Å²) in [5, 5.41) is 0. The lowest BCUT2D eigenvalue weighted by molar-refractivity contribution is -0.166. The Morgan fingerprint density at radius 1 is 1.12 bits per heavy atom. The predicted octanol–water partition coefficient (Wildman–Crippen LogP) is 2.35. The number of hydrogen-bond donors (Lipinski definition) is 0. The zero-order valence-electron chi connectivity index (χ0n) is 11.9. The molecule has 4 heteroatoms. The molecule has 0 saturated carbocycles. The number of carbonyl (C=O) groups excluding carboxylic acids is 2. The minimum Gasteiger partial charge on any atom is -0.459 e. The highest BCUT2D eigenvalue weighted by molar-refractivity contribution is 6.02. The van der Waals surface area contributed by atoms with E-state index in [1.165, 1.54) is 0 Å². The Morgan fingerprint density at radius 2 is 1.59 bits per heavy atom. The standard InChI is InChI=1S/C13H24O4/c1-8-16-13(6,7)10(14)9(2)11(15)17-12(3,4)5/h9H,8H2,1-7H3. The van der Waals surface area contributed by atoms with Crippen LogP contribution in [0.3, 0.4) is 0 Å². The minimum absolute atomic E-state index is 0.256. The first-order valence-corrected chi connectivity index (χ1v) is 5.92. The fourth-order valence-corrected chi connectivity index (χ4v) is 1.45. The van der Waals surface area contributed by atoms with Crippen LogP contribution in [-0.2, 0) is 19.1 Å². The third-order valence-electron chi connectivity index (χ3n) is 2.25. The quantitative estimate of drug-likeness (QED) is 0.550. The minimum atomic E-state index is -0.953. The van der Waals surface area contributed by atoms with Gasteiger partial charge in [0.15, 0.2) is 5.78 Å². The van der Waals surface area contributed by atoms with Gasteiger partial charge in [-0.2, -0.15) is 0 Å². The molecule has 0 aliphatic heterocycles. The molecule has 0 fully saturated rings. The second-order valence-corrected chi connectivity index (χ2v) is 5.56. The third-order valence-corrected chi connectivity index (χ3v) is 2.25. The first-order chi connectivity index (χ1) is 7.51. The molecule has 0 radical (unpaired) electrons. The largest absolute Gasteiger partial charge is 0.459 e. The molecule has 1 atom stereocenters. The van der Waals surface area contributed by atoms with E-state index in [0.29, 0.717) is 6.61 Å². The zero-order valence-corrected chi connectivity index (χ0v) is 11.9. The smallest absolute Gasteiger partial charge is 0.316 e. The number of rotatable bonds is 5. The van der Waals surface area contributed by atoms with Gasteiger partial charge in [-0.25, -0.2) is 0 Å². The molecule has 0 spiro atoms. The molecule has 0 bridgehead atoms. The summed E-state index contributed by atoms with van der Waals surface area (Å²) in [4.78, 5) is 23.8. The van der Waals surface area contributed by atoms with Crippen LogP contribution in [0, 0.1) is 5.92 Å².